The molecule has 13 heavy (non-hydrogen) atoms. The lowest BCUT2D eigenvalue weighted by Gasteiger charge is -2.21. The number of rotatable bonds is 2. The summed E-state index contributed by atoms with van der Waals surface area (Å²) in [5.74, 6) is 0. The SMILES string of the molecule is C=CC1(C)COC/C1=C\[Si](C)(C)C. The van der Waals surface area contributed by atoms with Gasteiger partial charge in [-0.25, -0.2) is 0 Å². The molecule has 74 valence electrons. The summed E-state index contributed by atoms with van der Waals surface area (Å²) in [6, 6.07) is 0. The Labute approximate surface area is 82.5 Å². The standard InChI is InChI=1S/C11H20OSi/c1-6-11(2)9-12-7-10(11)8-13(3,4)5/h6,8H,1,7,9H2,2-5H3/b10-8+. The molecule has 0 aromatic heterocycles. The fourth-order valence-electron chi connectivity index (χ4n) is 1.55. The Morgan fingerprint density at radius 3 is 2.54 bits per heavy atom. The Morgan fingerprint density at radius 1 is 1.46 bits per heavy atom. The minimum atomic E-state index is -1.12. The van der Waals surface area contributed by atoms with E-state index in [0.29, 0.717) is 0 Å². The van der Waals surface area contributed by atoms with Crippen LogP contribution in [0, 0.1) is 5.41 Å². The van der Waals surface area contributed by atoms with E-state index < -0.39 is 8.07 Å². The van der Waals surface area contributed by atoms with Gasteiger partial charge in [-0.2, -0.15) is 0 Å². The van der Waals surface area contributed by atoms with Gasteiger partial charge in [0.2, 0.25) is 0 Å². The second kappa shape index (κ2) is 3.43. The van der Waals surface area contributed by atoms with Crippen LogP contribution in [0.15, 0.2) is 23.9 Å². The van der Waals surface area contributed by atoms with Gasteiger partial charge in [0.25, 0.3) is 0 Å². The average Bonchev–Trinajstić information content (AvgIpc) is 2.31. The lowest BCUT2D eigenvalue weighted by Crippen LogP contribution is -2.22. The van der Waals surface area contributed by atoms with Gasteiger partial charge in [-0.15, -0.1) is 6.58 Å². The molecule has 0 spiro atoms. The summed E-state index contributed by atoms with van der Waals surface area (Å²) in [5, 5.41) is 0. The van der Waals surface area contributed by atoms with Crippen molar-refractivity contribution in [2.24, 2.45) is 5.41 Å². The van der Waals surface area contributed by atoms with Crippen molar-refractivity contribution in [1.29, 1.82) is 0 Å². The molecule has 0 aromatic rings. The summed E-state index contributed by atoms with van der Waals surface area (Å²) in [6.07, 6.45) is 2.02. The molecule has 1 nitrogen and oxygen atoms in total. The van der Waals surface area contributed by atoms with Gasteiger partial charge in [0.1, 0.15) is 0 Å². The van der Waals surface area contributed by atoms with Crippen molar-refractivity contribution in [2.45, 2.75) is 26.6 Å². The van der Waals surface area contributed by atoms with Gasteiger partial charge in [0, 0.05) is 5.41 Å². The van der Waals surface area contributed by atoms with Crippen LogP contribution < -0.4 is 0 Å². The van der Waals surface area contributed by atoms with Crippen LogP contribution in [0.4, 0.5) is 0 Å². The highest BCUT2D eigenvalue weighted by Gasteiger charge is 2.32. The van der Waals surface area contributed by atoms with Gasteiger partial charge >= 0.3 is 0 Å². The lowest BCUT2D eigenvalue weighted by atomic mass is 9.86. The fraction of sp³-hybridized carbons (Fsp3) is 0.636. The molecule has 0 aromatic carbocycles. The largest absolute Gasteiger partial charge is 0.376 e. The molecule has 1 fully saturated rings. The molecule has 0 amide bonds. The Bertz CT molecular complexity index is 237. The summed E-state index contributed by atoms with van der Waals surface area (Å²) >= 11 is 0. The highest BCUT2D eigenvalue weighted by atomic mass is 28.3. The van der Waals surface area contributed by atoms with E-state index in [1.54, 1.807) is 0 Å². The van der Waals surface area contributed by atoms with Gasteiger partial charge in [-0.3, -0.25) is 0 Å². The zero-order valence-corrected chi connectivity index (χ0v) is 10.2. The van der Waals surface area contributed by atoms with E-state index in [9.17, 15) is 0 Å². The third-order valence-corrected chi connectivity index (χ3v) is 3.67. The topological polar surface area (TPSA) is 9.23 Å². The predicted molar refractivity (Wildman–Crippen MR) is 60.6 cm³/mol. The van der Waals surface area contributed by atoms with Crippen molar-refractivity contribution in [3.8, 4) is 0 Å². The van der Waals surface area contributed by atoms with Crippen molar-refractivity contribution >= 4 is 8.07 Å². The Hall–Kier alpha value is -0.343. The van der Waals surface area contributed by atoms with Crippen molar-refractivity contribution in [3.63, 3.8) is 0 Å². The van der Waals surface area contributed by atoms with Crippen molar-refractivity contribution in [3.05, 3.63) is 23.9 Å². The van der Waals surface area contributed by atoms with E-state index in [2.05, 4.69) is 38.8 Å². The van der Waals surface area contributed by atoms with Crippen LogP contribution in [0.2, 0.25) is 19.6 Å². The summed E-state index contributed by atoms with van der Waals surface area (Å²) in [4.78, 5) is 0. The molecule has 1 heterocycles. The number of hydrogen-bond acceptors (Lipinski definition) is 1. The fourth-order valence-corrected chi connectivity index (χ4v) is 3.01. The van der Waals surface area contributed by atoms with E-state index in [1.165, 1.54) is 5.57 Å². The molecule has 1 rings (SSSR count). The summed E-state index contributed by atoms with van der Waals surface area (Å²) < 4.78 is 5.49. The molecule has 1 atom stereocenters. The van der Waals surface area contributed by atoms with Crippen LogP contribution in [-0.2, 0) is 4.74 Å². The van der Waals surface area contributed by atoms with Crippen LogP contribution in [0.25, 0.3) is 0 Å². The van der Waals surface area contributed by atoms with Gasteiger partial charge < -0.3 is 4.74 Å². The third kappa shape index (κ3) is 2.55. The molecular formula is C11H20OSi. The second-order valence-corrected chi connectivity index (χ2v) is 10.2. The highest BCUT2D eigenvalue weighted by molar-refractivity contribution is 6.81. The first kappa shape index (κ1) is 10.7. The van der Waals surface area contributed by atoms with Crippen LogP contribution in [0.3, 0.4) is 0 Å². The smallest absolute Gasteiger partial charge is 0.0687 e. The average molecular weight is 196 g/mol. The first-order valence-electron chi connectivity index (χ1n) is 4.81. The van der Waals surface area contributed by atoms with E-state index in [0.717, 1.165) is 13.2 Å². The molecule has 1 aliphatic heterocycles. The third-order valence-electron chi connectivity index (χ3n) is 2.45. The van der Waals surface area contributed by atoms with Crippen molar-refractivity contribution < 1.29 is 4.74 Å². The van der Waals surface area contributed by atoms with Crippen LogP contribution in [0.5, 0.6) is 0 Å². The minimum absolute atomic E-state index is 0.0975. The monoisotopic (exact) mass is 196 g/mol. The maximum atomic E-state index is 5.49. The highest BCUT2D eigenvalue weighted by Crippen LogP contribution is 2.35. The number of hydrogen-bond donors (Lipinski definition) is 0. The van der Waals surface area contributed by atoms with Gasteiger partial charge in [0.05, 0.1) is 21.3 Å². The van der Waals surface area contributed by atoms with Crippen molar-refractivity contribution in [2.75, 3.05) is 13.2 Å². The quantitative estimate of drug-likeness (QED) is 0.487. The van der Waals surface area contributed by atoms with Crippen LogP contribution in [0.1, 0.15) is 6.92 Å². The van der Waals surface area contributed by atoms with Crippen LogP contribution in [-0.4, -0.2) is 21.3 Å². The van der Waals surface area contributed by atoms with Crippen LogP contribution >= 0.6 is 0 Å². The summed E-state index contributed by atoms with van der Waals surface area (Å²) in [6.45, 7) is 14.7. The van der Waals surface area contributed by atoms with E-state index in [1.807, 2.05) is 6.08 Å². The predicted octanol–water partition coefficient (Wildman–Crippen LogP) is 3.01. The second-order valence-electron chi connectivity index (χ2n) is 5.15. The first-order chi connectivity index (χ1) is 5.87. The number of ether oxygens (including phenoxy) is 1. The zero-order valence-electron chi connectivity index (χ0n) is 9.18. The van der Waals surface area contributed by atoms with Gasteiger partial charge in [0.15, 0.2) is 0 Å². The maximum absolute atomic E-state index is 5.49. The molecule has 0 saturated carbocycles. The lowest BCUT2D eigenvalue weighted by molar-refractivity contribution is 0.175. The Kier molecular flexibility index (Phi) is 2.83. The molecule has 0 radical (unpaired) electrons. The van der Waals surface area contributed by atoms with Gasteiger partial charge in [-0.1, -0.05) is 38.3 Å². The summed E-state index contributed by atoms with van der Waals surface area (Å²) in [7, 11) is -1.12. The molecular weight excluding hydrogens is 176 g/mol. The normalized spacial score (nSPS) is 32.5. The van der Waals surface area contributed by atoms with Gasteiger partial charge in [-0.05, 0) is 5.57 Å². The minimum Gasteiger partial charge on any atom is -0.376 e. The maximum Gasteiger partial charge on any atom is 0.0687 e. The molecule has 1 unspecified atom stereocenters. The van der Waals surface area contributed by atoms with E-state index in [-0.39, 0.29) is 5.41 Å². The van der Waals surface area contributed by atoms with E-state index in [4.69, 9.17) is 4.74 Å². The van der Waals surface area contributed by atoms with Crippen molar-refractivity contribution in [1.82, 2.24) is 0 Å². The molecule has 0 N–H and O–H groups in total. The first-order valence-corrected chi connectivity index (χ1v) is 8.39. The molecule has 2 heteroatoms. The van der Waals surface area contributed by atoms with E-state index >= 15 is 0 Å². The Balaban J connectivity index is 2.92. The molecule has 0 bridgehead atoms. The molecule has 1 aliphatic rings. The molecule has 0 aliphatic carbocycles. The Morgan fingerprint density at radius 2 is 2.08 bits per heavy atom. The summed E-state index contributed by atoms with van der Waals surface area (Å²) in [5.41, 5.74) is 3.98. The zero-order chi connectivity index (χ0) is 10.1. The molecule has 1 saturated heterocycles.